The van der Waals surface area contributed by atoms with E-state index in [9.17, 15) is 9.59 Å². The van der Waals surface area contributed by atoms with E-state index in [4.69, 9.17) is 4.52 Å². The van der Waals surface area contributed by atoms with Crippen molar-refractivity contribution in [1.29, 1.82) is 0 Å². The second-order valence-electron chi connectivity index (χ2n) is 6.26. The lowest BCUT2D eigenvalue weighted by molar-refractivity contribution is -0.119. The lowest BCUT2D eigenvalue weighted by atomic mass is 10.0. The van der Waals surface area contributed by atoms with Crippen molar-refractivity contribution < 1.29 is 14.1 Å². The lowest BCUT2D eigenvalue weighted by Crippen LogP contribution is -2.28. The highest BCUT2D eigenvalue weighted by atomic mass is 32.2. The second-order valence-corrected chi connectivity index (χ2v) is 7.25. The smallest absolute Gasteiger partial charge is 0.235 e. The number of anilines is 1. The Kier molecular flexibility index (Phi) is 6.13. The number of rotatable bonds is 7. The summed E-state index contributed by atoms with van der Waals surface area (Å²) in [6, 6.07) is 15.8. The fourth-order valence-electron chi connectivity index (χ4n) is 2.68. The summed E-state index contributed by atoms with van der Waals surface area (Å²) >= 11 is 1.25. The molecule has 0 aliphatic rings. The average molecular weight is 383 g/mol. The van der Waals surface area contributed by atoms with Gasteiger partial charge in [-0.05, 0) is 36.2 Å². The first-order valence-corrected chi connectivity index (χ1v) is 9.76. The zero-order chi connectivity index (χ0) is 19.2. The topological polar surface area (TPSA) is 84.2 Å². The van der Waals surface area contributed by atoms with Gasteiger partial charge in [0, 0.05) is 6.07 Å². The van der Waals surface area contributed by atoms with Crippen LogP contribution in [0.3, 0.4) is 0 Å². The van der Waals surface area contributed by atoms with E-state index in [2.05, 4.69) is 40.1 Å². The maximum Gasteiger partial charge on any atom is 0.235 e. The van der Waals surface area contributed by atoms with Gasteiger partial charge in [0.2, 0.25) is 11.8 Å². The molecule has 1 unspecified atom stereocenters. The van der Waals surface area contributed by atoms with Crippen molar-refractivity contribution in [3.05, 3.63) is 59.9 Å². The molecule has 2 amide bonds. The summed E-state index contributed by atoms with van der Waals surface area (Å²) in [6.45, 7) is 3.70. The molecule has 0 saturated heterocycles. The molecular formula is C20H21N3O3S. The van der Waals surface area contributed by atoms with E-state index in [1.807, 2.05) is 25.1 Å². The van der Waals surface area contributed by atoms with Crippen LogP contribution in [0.1, 0.15) is 24.3 Å². The second kappa shape index (κ2) is 8.73. The number of thioether (sulfide) groups is 1. The molecule has 6 nitrogen and oxygen atoms in total. The maximum atomic E-state index is 12.1. The van der Waals surface area contributed by atoms with E-state index < -0.39 is 0 Å². The molecular weight excluding hydrogens is 362 g/mol. The van der Waals surface area contributed by atoms with Crippen LogP contribution in [0.5, 0.6) is 0 Å². The first kappa shape index (κ1) is 19.0. The normalized spacial score (nSPS) is 11.9. The van der Waals surface area contributed by atoms with Gasteiger partial charge in [0.15, 0.2) is 5.82 Å². The third kappa shape index (κ3) is 5.34. The largest absolute Gasteiger partial charge is 0.360 e. The number of hydrogen-bond donors (Lipinski definition) is 2. The number of hydrogen-bond acceptors (Lipinski definition) is 5. The Labute approximate surface area is 161 Å². The molecule has 3 aromatic rings. The van der Waals surface area contributed by atoms with Crippen molar-refractivity contribution in [3.8, 4) is 0 Å². The molecule has 0 fully saturated rings. The van der Waals surface area contributed by atoms with Crippen LogP contribution in [0.25, 0.3) is 10.8 Å². The molecule has 27 heavy (non-hydrogen) atoms. The van der Waals surface area contributed by atoms with Crippen molar-refractivity contribution >= 4 is 40.2 Å². The van der Waals surface area contributed by atoms with Crippen molar-refractivity contribution in [2.75, 3.05) is 16.8 Å². The first-order valence-electron chi connectivity index (χ1n) is 8.60. The number of carbonyl (C=O) groups is 2. The maximum absolute atomic E-state index is 12.1. The summed E-state index contributed by atoms with van der Waals surface area (Å²) in [7, 11) is 0. The van der Waals surface area contributed by atoms with Crippen LogP contribution >= 0.6 is 11.8 Å². The summed E-state index contributed by atoms with van der Waals surface area (Å²) in [5.41, 5.74) is 1.05. The minimum Gasteiger partial charge on any atom is -0.360 e. The van der Waals surface area contributed by atoms with Crippen LogP contribution in [-0.4, -0.2) is 28.5 Å². The molecule has 0 aliphatic heterocycles. The first-order chi connectivity index (χ1) is 13.0. The fraction of sp³-hybridized carbons (Fsp3) is 0.250. The number of aryl methyl sites for hydroxylation is 1. The van der Waals surface area contributed by atoms with E-state index in [0.717, 1.165) is 10.9 Å². The Morgan fingerprint density at radius 2 is 1.81 bits per heavy atom. The SMILES string of the molecule is Cc1cc(NC(=O)CSCC(=O)NC(C)c2ccc3ccccc3c2)no1. The molecule has 1 heterocycles. The van der Waals surface area contributed by atoms with Gasteiger partial charge in [-0.15, -0.1) is 11.8 Å². The van der Waals surface area contributed by atoms with Gasteiger partial charge < -0.3 is 15.2 Å². The van der Waals surface area contributed by atoms with Crippen LogP contribution < -0.4 is 10.6 Å². The number of nitrogens with zero attached hydrogens (tertiary/aromatic N) is 1. The Morgan fingerprint density at radius 1 is 1.07 bits per heavy atom. The zero-order valence-corrected chi connectivity index (χ0v) is 16.0. The van der Waals surface area contributed by atoms with Crippen LogP contribution in [0, 0.1) is 6.92 Å². The molecule has 1 atom stereocenters. The van der Waals surface area contributed by atoms with Gasteiger partial charge in [0.05, 0.1) is 17.5 Å². The summed E-state index contributed by atoms with van der Waals surface area (Å²) < 4.78 is 4.88. The predicted octanol–water partition coefficient (Wildman–Crippen LogP) is 3.69. The third-order valence-corrected chi connectivity index (χ3v) is 4.95. The Balaban J connectivity index is 1.44. The van der Waals surface area contributed by atoms with Crippen LogP contribution in [-0.2, 0) is 9.59 Å². The summed E-state index contributed by atoms with van der Waals surface area (Å²) in [5, 5.41) is 11.6. The van der Waals surface area contributed by atoms with Crippen molar-refractivity contribution in [2.24, 2.45) is 0 Å². The zero-order valence-electron chi connectivity index (χ0n) is 15.2. The van der Waals surface area contributed by atoms with Gasteiger partial charge in [-0.25, -0.2) is 0 Å². The van der Waals surface area contributed by atoms with Crippen molar-refractivity contribution in [1.82, 2.24) is 10.5 Å². The highest BCUT2D eigenvalue weighted by Crippen LogP contribution is 2.20. The molecule has 140 valence electrons. The number of amides is 2. The van der Waals surface area contributed by atoms with E-state index in [0.29, 0.717) is 11.6 Å². The monoisotopic (exact) mass is 383 g/mol. The lowest BCUT2D eigenvalue weighted by Gasteiger charge is -2.15. The Bertz CT molecular complexity index is 954. The molecule has 1 aromatic heterocycles. The molecule has 3 rings (SSSR count). The van der Waals surface area contributed by atoms with Gasteiger partial charge >= 0.3 is 0 Å². The van der Waals surface area contributed by atoms with E-state index in [1.165, 1.54) is 17.1 Å². The summed E-state index contributed by atoms with van der Waals surface area (Å²) in [6.07, 6.45) is 0. The fourth-order valence-corrected chi connectivity index (χ4v) is 3.31. The van der Waals surface area contributed by atoms with Crippen molar-refractivity contribution in [2.45, 2.75) is 19.9 Å². The third-order valence-electron chi connectivity index (χ3n) is 4.01. The number of nitrogens with one attached hydrogen (secondary N) is 2. The van der Waals surface area contributed by atoms with Gasteiger partial charge in [-0.3, -0.25) is 9.59 Å². The highest BCUT2D eigenvalue weighted by molar-refractivity contribution is 8.00. The van der Waals surface area contributed by atoms with E-state index in [-0.39, 0.29) is 29.4 Å². The molecule has 0 bridgehead atoms. The number of carbonyl (C=O) groups excluding carboxylic acids is 2. The average Bonchev–Trinajstić information content (AvgIpc) is 3.05. The molecule has 2 N–H and O–H groups in total. The molecule has 7 heteroatoms. The standard InChI is InChI=1S/C20H21N3O3S/c1-13-9-18(23-26-13)22-20(25)12-27-11-19(24)21-14(2)16-8-7-15-5-3-4-6-17(15)10-16/h3-10,14H,11-12H2,1-2H3,(H,21,24)(H,22,23,25). The molecule has 0 aliphatic carbocycles. The van der Waals surface area contributed by atoms with Crippen LogP contribution in [0.15, 0.2) is 53.1 Å². The van der Waals surface area contributed by atoms with Crippen LogP contribution in [0.4, 0.5) is 5.82 Å². The Morgan fingerprint density at radius 3 is 2.56 bits per heavy atom. The minimum atomic E-state index is -0.219. The summed E-state index contributed by atoms with van der Waals surface area (Å²) in [5.74, 6) is 1.06. The molecule has 2 aromatic carbocycles. The minimum absolute atomic E-state index is 0.102. The van der Waals surface area contributed by atoms with Crippen LogP contribution in [0.2, 0.25) is 0 Å². The quantitative estimate of drug-likeness (QED) is 0.650. The molecule has 0 spiro atoms. The van der Waals surface area contributed by atoms with Gasteiger partial charge in [-0.1, -0.05) is 41.6 Å². The Hall–Kier alpha value is -2.80. The number of fused-ring (bicyclic) bond motifs is 1. The highest BCUT2D eigenvalue weighted by Gasteiger charge is 2.12. The molecule has 0 radical (unpaired) electrons. The van der Waals surface area contributed by atoms with Crippen molar-refractivity contribution in [3.63, 3.8) is 0 Å². The van der Waals surface area contributed by atoms with E-state index in [1.54, 1.807) is 13.0 Å². The number of benzene rings is 2. The van der Waals surface area contributed by atoms with Gasteiger partial charge in [0.1, 0.15) is 5.76 Å². The van der Waals surface area contributed by atoms with E-state index >= 15 is 0 Å². The molecule has 0 saturated carbocycles. The summed E-state index contributed by atoms with van der Waals surface area (Å²) in [4.78, 5) is 24.0. The predicted molar refractivity (Wildman–Crippen MR) is 108 cm³/mol. The number of aromatic nitrogens is 1. The van der Waals surface area contributed by atoms with Gasteiger partial charge in [0.25, 0.3) is 0 Å². The van der Waals surface area contributed by atoms with Gasteiger partial charge in [-0.2, -0.15) is 0 Å².